The van der Waals surface area contributed by atoms with Crippen LogP contribution < -0.4 is 15.5 Å². The minimum Gasteiger partial charge on any atom is -0.378 e. The predicted molar refractivity (Wildman–Crippen MR) is 107 cm³/mol. The Kier molecular flexibility index (Phi) is 5.33. The minimum atomic E-state index is -0.300. The second-order valence-corrected chi connectivity index (χ2v) is 6.11. The van der Waals surface area contributed by atoms with E-state index in [4.69, 9.17) is 5.26 Å². The zero-order chi connectivity index (χ0) is 19.2. The molecule has 0 aliphatic carbocycles. The van der Waals surface area contributed by atoms with Crippen molar-refractivity contribution in [3.05, 3.63) is 78.0 Å². The third kappa shape index (κ3) is 4.41. The first-order chi connectivity index (χ1) is 13.1. The van der Waals surface area contributed by atoms with Crippen LogP contribution in [0.2, 0.25) is 0 Å². The molecule has 0 aliphatic heterocycles. The summed E-state index contributed by atoms with van der Waals surface area (Å²) in [7, 11) is 3.97. The Hall–Kier alpha value is -3.85. The molecule has 0 radical (unpaired) electrons. The molecule has 0 spiro atoms. The van der Waals surface area contributed by atoms with E-state index < -0.39 is 0 Å². The van der Waals surface area contributed by atoms with Crippen molar-refractivity contribution in [2.45, 2.75) is 0 Å². The van der Waals surface area contributed by atoms with Crippen LogP contribution in [0.4, 0.5) is 22.9 Å². The number of hydrogen-bond donors (Lipinski definition) is 2. The van der Waals surface area contributed by atoms with Gasteiger partial charge in [0.1, 0.15) is 11.9 Å². The van der Waals surface area contributed by atoms with Gasteiger partial charge < -0.3 is 15.5 Å². The smallest absolute Gasteiger partial charge is 0.255 e. The molecular formula is C21H19N5O. The summed E-state index contributed by atoms with van der Waals surface area (Å²) >= 11 is 0. The summed E-state index contributed by atoms with van der Waals surface area (Å²) in [5.74, 6) is 0.264. The van der Waals surface area contributed by atoms with E-state index in [2.05, 4.69) is 21.7 Å². The molecule has 134 valence electrons. The van der Waals surface area contributed by atoms with Crippen molar-refractivity contribution in [3.63, 3.8) is 0 Å². The molecular weight excluding hydrogens is 338 g/mol. The van der Waals surface area contributed by atoms with Gasteiger partial charge >= 0.3 is 0 Å². The Morgan fingerprint density at radius 2 is 1.81 bits per heavy atom. The van der Waals surface area contributed by atoms with Gasteiger partial charge in [-0.25, -0.2) is 4.98 Å². The lowest BCUT2D eigenvalue weighted by molar-refractivity contribution is 0.102. The number of amides is 1. The van der Waals surface area contributed by atoms with Gasteiger partial charge in [-0.2, -0.15) is 5.26 Å². The number of nitrogens with one attached hydrogen (secondary N) is 2. The van der Waals surface area contributed by atoms with Gasteiger partial charge in [0.25, 0.3) is 5.91 Å². The summed E-state index contributed by atoms with van der Waals surface area (Å²) in [6, 6.07) is 20.1. The van der Waals surface area contributed by atoms with Crippen molar-refractivity contribution in [3.8, 4) is 6.07 Å². The number of carbonyl (C=O) groups excluding carboxylic acids is 1. The van der Waals surface area contributed by atoms with Crippen LogP contribution in [0.15, 0.2) is 66.9 Å². The molecule has 0 unspecified atom stereocenters. The first-order valence-electron chi connectivity index (χ1n) is 8.38. The molecule has 6 nitrogen and oxygen atoms in total. The van der Waals surface area contributed by atoms with E-state index >= 15 is 0 Å². The minimum absolute atomic E-state index is 0.300. The van der Waals surface area contributed by atoms with Crippen molar-refractivity contribution in [2.75, 3.05) is 29.6 Å². The van der Waals surface area contributed by atoms with Gasteiger partial charge in [-0.15, -0.1) is 0 Å². The van der Waals surface area contributed by atoms with E-state index in [0.29, 0.717) is 22.6 Å². The fourth-order valence-corrected chi connectivity index (χ4v) is 2.52. The van der Waals surface area contributed by atoms with E-state index in [-0.39, 0.29) is 5.91 Å². The second-order valence-electron chi connectivity index (χ2n) is 6.11. The second kappa shape index (κ2) is 8.02. The number of para-hydroxylation sites is 1. The first-order valence-corrected chi connectivity index (χ1v) is 8.38. The molecule has 0 fully saturated rings. The maximum atomic E-state index is 12.5. The van der Waals surface area contributed by atoms with E-state index in [1.807, 2.05) is 43.3 Å². The molecule has 1 heterocycles. The summed E-state index contributed by atoms with van der Waals surface area (Å²) in [5.41, 5.74) is 3.32. The summed E-state index contributed by atoms with van der Waals surface area (Å²) in [6.45, 7) is 0. The molecule has 2 aromatic carbocycles. The van der Waals surface area contributed by atoms with Crippen molar-refractivity contribution in [2.24, 2.45) is 0 Å². The molecule has 0 aliphatic rings. The lowest BCUT2D eigenvalue weighted by atomic mass is 10.1. The van der Waals surface area contributed by atoms with Crippen molar-refractivity contribution < 1.29 is 4.79 Å². The largest absolute Gasteiger partial charge is 0.378 e. The van der Waals surface area contributed by atoms with Crippen LogP contribution in [0.3, 0.4) is 0 Å². The molecule has 27 heavy (non-hydrogen) atoms. The lowest BCUT2D eigenvalue weighted by Crippen LogP contribution is -2.13. The average molecular weight is 357 g/mol. The Labute approximate surface area is 158 Å². The number of anilines is 4. The first kappa shape index (κ1) is 18.0. The highest BCUT2D eigenvalue weighted by Gasteiger charge is 2.10. The number of aromatic nitrogens is 1. The molecule has 0 saturated heterocycles. The van der Waals surface area contributed by atoms with Crippen molar-refractivity contribution in [1.82, 2.24) is 4.98 Å². The highest BCUT2D eigenvalue weighted by molar-refractivity contribution is 6.05. The standard InChI is InChI=1S/C21H19N5O/c1-26(2)18-9-7-17(8-10-18)24-20-13-15(11-12-23-20)21(27)25-19-6-4-3-5-16(19)14-22/h3-13H,1-2H3,(H,23,24)(H,25,27). The SMILES string of the molecule is CN(C)c1ccc(Nc2cc(C(=O)Nc3ccccc3C#N)ccn2)cc1. The number of hydrogen-bond acceptors (Lipinski definition) is 5. The number of pyridine rings is 1. The van der Waals surface area contributed by atoms with Gasteiger partial charge in [0.2, 0.25) is 0 Å². The average Bonchev–Trinajstić information content (AvgIpc) is 2.69. The number of carbonyl (C=O) groups is 1. The van der Waals surface area contributed by atoms with Crippen LogP contribution in [-0.2, 0) is 0 Å². The van der Waals surface area contributed by atoms with Gasteiger partial charge in [0.05, 0.1) is 11.3 Å². The third-order valence-electron chi connectivity index (χ3n) is 3.97. The molecule has 1 amide bonds. The molecule has 1 aromatic heterocycles. The van der Waals surface area contributed by atoms with E-state index in [0.717, 1.165) is 11.4 Å². The van der Waals surface area contributed by atoms with Gasteiger partial charge in [-0.05, 0) is 48.5 Å². The monoisotopic (exact) mass is 357 g/mol. The number of benzene rings is 2. The predicted octanol–water partition coefficient (Wildman–Crippen LogP) is 4.02. The summed E-state index contributed by atoms with van der Waals surface area (Å²) in [5, 5.41) is 15.1. The van der Waals surface area contributed by atoms with Crippen LogP contribution in [0.1, 0.15) is 15.9 Å². The van der Waals surface area contributed by atoms with Crippen LogP contribution in [-0.4, -0.2) is 25.0 Å². The zero-order valence-corrected chi connectivity index (χ0v) is 15.1. The van der Waals surface area contributed by atoms with Gasteiger partial charge in [-0.3, -0.25) is 4.79 Å². The van der Waals surface area contributed by atoms with Gasteiger partial charge in [0, 0.05) is 37.2 Å². The number of nitriles is 1. The van der Waals surface area contributed by atoms with E-state index in [9.17, 15) is 4.79 Å². The summed E-state index contributed by atoms with van der Waals surface area (Å²) < 4.78 is 0. The number of rotatable bonds is 5. The Bertz CT molecular complexity index is 990. The topological polar surface area (TPSA) is 81.0 Å². The molecule has 0 atom stereocenters. The van der Waals surface area contributed by atoms with Crippen LogP contribution >= 0.6 is 0 Å². The van der Waals surface area contributed by atoms with Crippen molar-refractivity contribution in [1.29, 1.82) is 5.26 Å². The maximum Gasteiger partial charge on any atom is 0.255 e. The Balaban J connectivity index is 1.75. The fourth-order valence-electron chi connectivity index (χ4n) is 2.52. The zero-order valence-electron chi connectivity index (χ0n) is 15.1. The van der Waals surface area contributed by atoms with Gasteiger partial charge in [-0.1, -0.05) is 12.1 Å². The maximum absolute atomic E-state index is 12.5. The highest BCUT2D eigenvalue weighted by atomic mass is 16.1. The molecule has 0 bridgehead atoms. The van der Waals surface area contributed by atoms with E-state index in [1.165, 1.54) is 0 Å². The van der Waals surface area contributed by atoms with Crippen LogP contribution in [0.25, 0.3) is 0 Å². The Morgan fingerprint density at radius 3 is 2.52 bits per heavy atom. The van der Waals surface area contributed by atoms with Crippen LogP contribution in [0, 0.1) is 11.3 Å². The summed E-state index contributed by atoms with van der Waals surface area (Å²) in [6.07, 6.45) is 1.57. The normalized spacial score (nSPS) is 9.96. The molecule has 6 heteroatoms. The quantitative estimate of drug-likeness (QED) is 0.721. The highest BCUT2D eigenvalue weighted by Crippen LogP contribution is 2.20. The lowest BCUT2D eigenvalue weighted by Gasteiger charge is -2.13. The Morgan fingerprint density at radius 1 is 1.07 bits per heavy atom. The third-order valence-corrected chi connectivity index (χ3v) is 3.97. The molecule has 3 aromatic rings. The molecule has 3 rings (SSSR count). The van der Waals surface area contributed by atoms with Crippen molar-refractivity contribution >= 4 is 28.8 Å². The fraction of sp³-hybridized carbons (Fsp3) is 0.0952. The van der Waals surface area contributed by atoms with Crippen LogP contribution in [0.5, 0.6) is 0 Å². The molecule has 0 saturated carbocycles. The number of nitrogens with zero attached hydrogens (tertiary/aromatic N) is 3. The van der Waals surface area contributed by atoms with E-state index in [1.54, 1.807) is 42.6 Å². The van der Waals surface area contributed by atoms with Gasteiger partial charge in [0.15, 0.2) is 0 Å². The molecule has 2 N–H and O–H groups in total. The summed E-state index contributed by atoms with van der Waals surface area (Å²) in [4.78, 5) is 18.8.